The predicted molar refractivity (Wildman–Crippen MR) is 120 cm³/mol. The molecular weight excluding hydrogens is 392 g/mol. The molecule has 2 rings (SSSR count). The van der Waals surface area contributed by atoms with Crippen molar-refractivity contribution in [3.8, 4) is 0 Å². The van der Waals surface area contributed by atoms with Crippen molar-refractivity contribution >= 4 is 46.1 Å². The summed E-state index contributed by atoms with van der Waals surface area (Å²) in [6.07, 6.45) is 3.28. The number of nitrogens with zero attached hydrogens (tertiary/aromatic N) is 4. The van der Waals surface area contributed by atoms with Gasteiger partial charge in [-0.15, -0.1) is 0 Å². The molecule has 8 nitrogen and oxygen atoms in total. The zero-order valence-electron chi connectivity index (χ0n) is 15.6. The highest BCUT2D eigenvalue weighted by molar-refractivity contribution is 7.80. The van der Waals surface area contributed by atoms with Crippen LogP contribution in [-0.2, 0) is 0 Å². The molecule has 0 unspecified atom stereocenters. The maximum absolute atomic E-state index is 5.22. The highest BCUT2D eigenvalue weighted by Crippen LogP contribution is 2.07. The average Bonchev–Trinajstić information content (AvgIpc) is 2.72. The van der Waals surface area contributed by atoms with E-state index in [1.807, 2.05) is 44.2 Å². The molecule has 0 bridgehead atoms. The number of hydrazone groups is 2. The summed E-state index contributed by atoms with van der Waals surface area (Å²) in [4.78, 5) is 8.62. The number of rotatable bonds is 7. The Bertz CT molecular complexity index is 766. The zero-order chi connectivity index (χ0) is 20.2. The summed E-state index contributed by atoms with van der Waals surface area (Å²) in [5.74, 6) is 0.396. The van der Waals surface area contributed by atoms with E-state index < -0.39 is 0 Å². The molecule has 28 heavy (non-hydrogen) atoms. The number of thiocarbonyl (C=S) groups is 2. The molecule has 1 aromatic carbocycles. The first-order valence-electron chi connectivity index (χ1n) is 8.71. The number of aromatic nitrogens is 2. The van der Waals surface area contributed by atoms with Crippen molar-refractivity contribution in [2.75, 3.05) is 13.1 Å². The molecule has 146 valence electrons. The van der Waals surface area contributed by atoms with Crippen LogP contribution in [0.15, 0.2) is 59.0 Å². The van der Waals surface area contributed by atoms with Gasteiger partial charge in [0.05, 0.1) is 0 Å². The summed E-state index contributed by atoms with van der Waals surface area (Å²) < 4.78 is 0. The molecule has 0 fully saturated rings. The van der Waals surface area contributed by atoms with Gasteiger partial charge in [0.25, 0.3) is 0 Å². The van der Waals surface area contributed by atoms with Crippen molar-refractivity contribution in [3.05, 3.63) is 60.2 Å². The smallest absolute Gasteiger partial charge is 0.186 e. The van der Waals surface area contributed by atoms with Gasteiger partial charge in [0.15, 0.2) is 21.8 Å². The summed E-state index contributed by atoms with van der Waals surface area (Å²) in [6, 6.07) is 11.3. The second kappa shape index (κ2) is 11.7. The van der Waals surface area contributed by atoms with Crippen LogP contribution in [0.5, 0.6) is 0 Å². The summed E-state index contributed by atoms with van der Waals surface area (Å²) in [5.41, 5.74) is 7.40. The minimum Gasteiger partial charge on any atom is -0.362 e. The predicted octanol–water partition coefficient (Wildman–Crippen LogP) is 1.55. The minimum absolute atomic E-state index is 0.388. The fourth-order valence-corrected chi connectivity index (χ4v) is 2.47. The monoisotopic (exact) mass is 414 g/mol. The van der Waals surface area contributed by atoms with Crippen molar-refractivity contribution in [3.63, 3.8) is 0 Å². The second-order valence-corrected chi connectivity index (χ2v) is 6.12. The van der Waals surface area contributed by atoms with Gasteiger partial charge >= 0.3 is 0 Å². The maximum atomic E-state index is 5.22. The summed E-state index contributed by atoms with van der Waals surface area (Å²) in [7, 11) is 0. The number of nitrogens with one attached hydrogen (secondary N) is 4. The molecule has 10 heteroatoms. The van der Waals surface area contributed by atoms with Gasteiger partial charge in [-0.1, -0.05) is 30.3 Å². The highest BCUT2D eigenvalue weighted by atomic mass is 32.1. The Hall–Kier alpha value is -2.98. The minimum atomic E-state index is 0.388. The van der Waals surface area contributed by atoms with Crippen LogP contribution in [0.3, 0.4) is 0 Å². The summed E-state index contributed by atoms with van der Waals surface area (Å²) in [5, 5.41) is 15.6. The number of benzene rings is 1. The van der Waals surface area contributed by atoms with Crippen LogP contribution in [-0.4, -0.2) is 44.7 Å². The van der Waals surface area contributed by atoms with Crippen LogP contribution < -0.4 is 21.5 Å². The Labute approximate surface area is 174 Å². The Balaban J connectivity index is 2.48. The molecule has 2 aromatic rings. The summed E-state index contributed by atoms with van der Waals surface area (Å²) in [6.45, 7) is 5.26. The van der Waals surface area contributed by atoms with E-state index in [4.69, 9.17) is 24.4 Å². The Morgan fingerprint density at radius 1 is 0.821 bits per heavy atom. The number of hydrogen-bond acceptors (Lipinski definition) is 6. The van der Waals surface area contributed by atoms with Crippen LogP contribution in [0.4, 0.5) is 0 Å². The van der Waals surface area contributed by atoms with Crippen LogP contribution in [0.25, 0.3) is 0 Å². The summed E-state index contributed by atoms with van der Waals surface area (Å²) >= 11 is 10.4. The zero-order valence-corrected chi connectivity index (χ0v) is 17.3. The third kappa shape index (κ3) is 6.63. The average molecular weight is 415 g/mol. The first-order valence-corrected chi connectivity index (χ1v) is 9.53. The van der Waals surface area contributed by atoms with Crippen LogP contribution in [0.1, 0.15) is 25.2 Å². The Morgan fingerprint density at radius 3 is 1.89 bits per heavy atom. The van der Waals surface area contributed by atoms with Crippen LogP contribution in [0, 0.1) is 0 Å². The largest absolute Gasteiger partial charge is 0.362 e. The van der Waals surface area contributed by atoms with Gasteiger partial charge in [0.2, 0.25) is 0 Å². The normalized spacial score (nSPS) is 11.5. The molecule has 4 N–H and O–H groups in total. The molecule has 0 amide bonds. The lowest BCUT2D eigenvalue weighted by Gasteiger charge is -2.12. The molecular formula is C18H22N8S2. The lowest BCUT2D eigenvalue weighted by Crippen LogP contribution is -2.36. The molecule has 0 aliphatic rings. The van der Waals surface area contributed by atoms with Gasteiger partial charge in [-0.2, -0.15) is 10.2 Å². The van der Waals surface area contributed by atoms with E-state index in [0.29, 0.717) is 40.6 Å². The fraction of sp³-hybridized carbons (Fsp3) is 0.222. The lowest BCUT2D eigenvalue weighted by atomic mass is 10.1. The van der Waals surface area contributed by atoms with E-state index in [0.717, 1.165) is 5.56 Å². The van der Waals surface area contributed by atoms with Crippen molar-refractivity contribution in [1.29, 1.82) is 0 Å². The molecule has 0 spiro atoms. The third-order valence-corrected chi connectivity index (χ3v) is 3.73. The standard InChI is InChI=1S/C18H22N8S2/c1-3-19-17(27)25-23-14(13-9-6-5-7-10-13)15(16-21-11-8-12-22-16)24-26-18(28)20-4-2/h5-12H,3-4H2,1-2H3,(H2,19,25,27)(H2,20,26,28). The lowest BCUT2D eigenvalue weighted by molar-refractivity contribution is 0.896. The second-order valence-electron chi connectivity index (χ2n) is 5.30. The van der Waals surface area contributed by atoms with Gasteiger partial charge in [0.1, 0.15) is 5.71 Å². The SMILES string of the molecule is CCNC(=S)NN=C(C(=NNC(=S)NCC)c1ncccn1)c1ccccc1. The molecule has 1 aromatic heterocycles. The van der Waals surface area contributed by atoms with Gasteiger partial charge in [-0.25, -0.2) is 9.97 Å². The van der Waals surface area contributed by atoms with Gasteiger partial charge in [-0.3, -0.25) is 10.9 Å². The molecule has 0 radical (unpaired) electrons. The third-order valence-electron chi connectivity index (χ3n) is 3.26. The van der Waals surface area contributed by atoms with E-state index in [1.165, 1.54) is 0 Å². The molecule has 0 atom stereocenters. The van der Waals surface area contributed by atoms with E-state index in [2.05, 4.69) is 41.7 Å². The first kappa shape index (κ1) is 21.3. The molecule has 1 heterocycles. The molecule has 0 saturated heterocycles. The maximum Gasteiger partial charge on any atom is 0.186 e. The molecule has 0 aliphatic heterocycles. The van der Waals surface area contributed by atoms with Gasteiger partial charge in [-0.05, 0) is 44.3 Å². The van der Waals surface area contributed by atoms with Gasteiger partial charge < -0.3 is 10.6 Å². The molecule has 0 saturated carbocycles. The van der Waals surface area contributed by atoms with E-state index in [-0.39, 0.29) is 0 Å². The first-order chi connectivity index (χ1) is 13.7. The Morgan fingerprint density at radius 2 is 1.36 bits per heavy atom. The highest BCUT2D eigenvalue weighted by Gasteiger charge is 2.18. The van der Waals surface area contributed by atoms with E-state index >= 15 is 0 Å². The van der Waals surface area contributed by atoms with Gasteiger partial charge in [0, 0.05) is 31.0 Å². The van der Waals surface area contributed by atoms with Crippen molar-refractivity contribution in [2.45, 2.75) is 13.8 Å². The quantitative estimate of drug-likeness (QED) is 0.308. The Kier molecular flexibility index (Phi) is 8.89. The van der Waals surface area contributed by atoms with Crippen LogP contribution >= 0.6 is 24.4 Å². The van der Waals surface area contributed by atoms with Crippen molar-refractivity contribution in [2.24, 2.45) is 10.2 Å². The number of hydrogen-bond donors (Lipinski definition) is 4. The fourth-order valence-electron chi connectivity index (χ4n) is 2.09. The van der Waals surface area contributed by atoms with Crippen molar-refractivity contribution in [1.82, 2.24) is 31.5 Å². The van der Waals surface area contributed by atoms with Crippen LogP contribution in [0.2, 0.25) is 0 Å². The topological polar surface area (TPSA) is 98.6 Å². The van der Waals surface area contributed by atoms with Crippen molar-refractivity contribution < 1.29 is 0 Å². The molecule has 0 aliphatic carbocycles. The van der Waals surface area contributed by atoms with E-state index in [9.17, 15) is 0 Å². The van der Waals surface area contributed by atoms with E-state index in [1.54, 1.807) is 18.5 Å².